The monoisotopic (exact) mass is 432 g/mol. The van der Waals surface area contributed by atoms with Crippen molar-refractivity contribution < 1.29 is 23.5 Å². The van der Waals surface area contributed by atoms with Crippen molar-refractivity contribution in [2.45, 2.75) is 19.9 Å². The van der Waals surface area contributed by atoms with Gasteiger partial charge in [-0.1, -0.05) is 23.7 Å². The lowest BCUT2D eigenvalue weighted by Gasteiger charge is -2.36. The molecule has 1 atom stereocenters. The Morgan fingerprint density at radius 1 is 1.20 bits per heavy atom. The van der Waals surface area contributed by atoms with E-state index < -0.39 is 12.0 Å². The van der Waals surface area contributed by atoms with Crippen LogP contribution in [-0.2, 0) is 9.53 Å². The number of nitrogens with one attached hydrogen (secondary N) is 1. The van der Waals surface area contributed by atoms with Gasteiger partial charge in [-0.3, -0.25) is 4.90 Å². The molecule has 1 aliphatic rings. The van der Waals surface area contributed by atoms with E-state index in [4.69, 9.17) is 21.1 Å². The zero-order chi connectivity index (χ0) is 21.7. The predicted molar refractivity (Wildman–Crippen MR) is 111 cm³/mol. The molecule has 1 heterocycles. The molecule has 158 valence electrons. The zero-order valence-corrected chi connectivity index (χ0v) is 17.4. The van der Waals surface area contributed by atoms with Gasteiger partial charge in [0.25, 0.3) is 0 Å². The molecule has 2 aromatic carbocycles. The van der Waals surface area contributed by atoms with Crippen molar-refractivity contribution in [2.24, 2.45) is 0 Å². The summed E-state index contributed by atoms with van der Waals surface area (Å²) >= 11 is 6.12. The van der Waals surface area contributed by atoms with E-state index >= 15 is 0 Å². The number of amides is 2. The number of ether oxygens (including phenoxy) is 2. The molecule has 2 amide bonds. The highest BCUT2D eigenvalue weighted by Gasteiger charge is 2.38. The molecule has 1 N–H and O–H groups in total. The van der Waals surface area contributed by atoms with Gasteiger partial charge in [0.2, 0.25) is 0 Å². The molecule has 6 nitrogen and oxygen atoms in total. The van der Waals surface area contributed by atoms with E-state index in [0.29, 0.717) is 28.6 Å². The summed E-state index contributed by atoms with van der Waals surface area (Å²) in [5, 5.41) is 3.33. The first-order valence-electron chi connectivity index (χ1n) is 9.56. The van der Waals surface area contributed by atoms with E-state index in [9.17, 15) is 14.0 Å². The van der Waals surface area contributed by atoms with Crippen LogP contribution in [0.3, 0.4) is 0 Å². The fourth-order valence-corrected chi connectivity index (χ4v) is 3.46. The number of hydrogen-bond donors (Lipinski definition) is 1. The molecule has 0 aliphatic carbocycles. The van der Waals surface area contributed by atoms with Crippen LogP contribution in [0, 0.1) is 5.82 Å². The third kappa shape index (κ3) is 4.74. The molecular formula is C22H22ClFN2O4. The van der Waals surface area contributed by atoms with Crippen LogP contribution in [0.4, 0.5) is 9.18 Å². The minimum Gasteiger partial charge on any atom is -0.487 e. The van der Waals surface area contributed by atoms with Crippen LogP contribution in [0.25, 0.3) is 0 Å². The first kappa shape index (κ1) is 21.6. The lowest BCUT2D eigenvalue weighted by Crippen LogP contribution is -2.49. The predicted octanol–water partition coefficient (Wildman–Crippen LogP) is 4.46. The van der Waals surface area contributed by atoms with E-state index in [1.807, 2.05) is 0 Å². The Labute approximate surface area is 179 Å². The average molecular weight is 433 g/mol. The standard InChI is InChI=1S/C22H22ClFN2O4/c1-3-26-18(13-30-17-10-8-16(24)9-11-17)19(21(27)29-4-2)20(25-22(26)28)14-6-5-7-15(23)12-14/h5-12,20H,3-4,13H2,1-2H3,(H,25,28). The van der Waals surface area contributed by atoms with Gasteiger partial charge in [-0.25, -0.2) is 14.0 Å². The second-order valence-corrected chi connectivity index (χ2v) is 6.94. The van der Waals surface area contributed by atoms with E-state index in [2.05, 4.69) is 5.32 Å². The molecule has 3 rings (SSSR count). The molecule has 1 aliphatic heterocycles. The quantitative estimate of drug-likeness (QED) is 0.656. The zero-order valence-electron chi connectivity index (χ0n) is 16.7. The SMILES string of the molecule is CCOC(=O)C1=C(COc2ccc(F)cc2)N(CC)C(=O)NC1c1cccc(Cl)c1. The second kappa shape index (κ2) is 9.63. The minimum atomic E-state index is -0.745. The second-order valence-electron chi connectivity index (χ2n) is 6.51. The number of esters is 1. The molecule has 0 radical (unpaired) electrons. The Morgan fingerprint density at radius 3 is 2.57 bits per heavy atom. The van der Waals surface area contributed by atoms with Crippen LogP contribution in [0.1, 0.15) is 25.5 Å². The number of halogens is 2. The Balaban J connectivity index is 2.06. The van der Waals surface area contributed by atoms with Crippen molar-refractivity contribution in [3.63, 3.8) is 0 Å². The number of hydrogen-bond acceptors (Lipinski definition) is 4. The smallest absolute Gasteiger partial charge is 0.338 e. The van der Waals surface area contributed by atoms with Crippen molar-refractivity contribution in [3.8, 4) is 5.75 Å². The average Bonchev–Trinajstić information content (AvgIpc) is 2.73. The van der Waals surface area contributed by atoms with Gasteiger partial charge in [0.05, 0.1) is 23.9 Å². The molecule has 1 unspecified atom stereocenters. The maximum Gasteiger partial charge on any atom is 0.338 e. The molecule has 0 bridgehead atoms. The van der Waals surface area contributed by atoms with E-state index in [0.717, 1.165) is 0 Å². The summed E-state index contributed by atoms with van der Waals surface area (Å²) in [5.74, 6) is -0.533. The van der Waals surface area contributed by atoms with Crippen LogP contribution < -0.4 is 10.1 Å². The molecule has 0 fully saturated rings. The van der Waals surface area contributed by atoms with Gasteiger partial charge in [0.15, 0.2) is 0 Å². The maximum absolute atomic E-state index is 13.2. The molecule has 0 saturated carbocycles. The summed E-state index contributed by atoms with van der Waals surface area (Å²) in [6.45, 7) is 3.93. The van der Waals surface area contributed by atoms with Crippen LogP contribution in [-0.4, -0.2) is 36.7 Å². The first-order chi connectivity index (χ1) is 14.4. The van der Waals surface area contributed by atoms with Crippen LogP contribution in [0.5, 0.6) is 5.75 Å². The minimum absolute atomic E-state index is 0.0713. The summed E-state index contributed by atoms with van der Waals surface area (Å²) in [6.07, 6.45) is 0. The summed E-state index contributed by atoms with van der Waals surface area (Å²) in [5.41, 5.74) is 1.30. The summed E-state index contributed by atoms with van der Waals surface area (Å²) < 4.78 is 24.2. The molecule has 0 aromatic heterocycles. The molecule has 0 saturated heterocycles. The van der Waals surface area contributed by atoms with Crippen molar-refractivity contribution in [1.29, 1.82) is 0 Å². The number of carbonyl (C=O) groups excluding carboxylic acids is 2. The Hall–Kier alpha value is -3.06. The van der Waals surface area contributed by atoms with Crippen LogP contribution in [0.15, 0.2) is 59.8 Å². The van der Waals surface area contributed by atoms with Gasteiger partial charge in [0, 0.05) is 11.6 Å². The molecular weight excluding hydrogens is 411 g/mol. The number of urea groups is 1. The Morgan fingerprint density at radius 2 is 1.93 bits per heavy atom. The number of carbonyl (C=O) groups is 2. The van der Waals surface area contributed by atoms with Crippen molar-refractivity contribution in [2.75, 3.05) is 19.8 Å². The maximum atomic E-state index is 13.2. The third-order valence-corrected chi connectivity index (χ3v) is 4.86. The lowest BCUT2D eigenvalue weighted by molar-refractivity contribution is -0.139. The normalized spacial score (nSPS) is 16.3. The Kier molecular flexibility index (Phi) is 6.95. The van der Waals surface area contributed by atoms with Gasteiger partial charge < -0.3 is 14.8 Å². The van der Waals surface area contributed by atoms with Crippen molar-refractivity contribution >= 4 is 23.6 Å². The lowest BCUT2D eigenvalue weighted by atomic mass is 9.94. The van der Waals surface area contributed by atoms with Gasteiger partial charge in [-0.05, 0) is 55.8 Å². The molecule has 2 aromatic rings. The van der Waals surface area contributed by atoms with Gasteiger partial charge in [-0.15, -0.1) is 0 Å². The van der Waals surface area contributed by atoms with Gasteiger partial charge in [-0.2, -0.15) is 0 Å². The molecule has 8 heteroatoms. The summed E-state index contributed by atoms with van der Waals surface area (Å²) in [4.78, 5) is 27.1. The highest BCUT2D eigenvalue weighted by atomic mass is 35.5. The number of nitrogens with zero attached hydrogens (tertiary/aromatic N) is 1. The van der Waals surface area contributed by atoms with Crippen LogP contribution >= 0.6 is 11.6 Å². The largest absolute Gasteiger partial charge is 0.487 e. The van der Waals surface area contributed by atoms with Crippen molar-refractivity contribution in [3.05, 3.63) is 76.2 Å². The third-order valence-electron chi connectivity index (χ3n) is 4.62. The molecule has 30 heavy (non-hydrogen) atoms. The van der Waals surface area contributed by atoms with E-state index in [1.165, 1.54) is 29.2 Å². The fraction of sp³-hybridized carbons (Fsp3) is 0.273. The Bertz CT molecular complexity index is 962. The van der Waals surface area contributed by atoms with Crippen LogP contribution in [0.2, 0.25) is 5.02 Å². The number of rotatable bonds is 7. The number of likely N-dealkylation sites (N-methyl/N-ethyl adjacent to an activating group) is 1. The van der Waals surface area contributed by atoms with E-state index in [1.54, 1.807) is 38.1 Å². The highest BCUT2D eigenvalue weighted by Crippen LogP contribution is 2.33. The fourth-order valence-electron chi connectivity index (χ4n) is 3.26. The van der Waals surface area contributed by atoms with E-state index in [-0.39, 0.29) is 30.6 Å². The van der Waals surface area contributed by atoms with Gasteiger partial charge >= 0.3 is 12.0 Å². The van der Waals surface area contributed by atoms with Crippen molar-refractivity contribution in [1.82, 2.24) is 10.2 Å². The molecule has 0 spiro atoms. The summed E-state index contributed by atoms with van der Waals surface area (Å²) in [6, 6.07) is 11.3. The topological polar surface area (TPSA) is 67.9 Å². The number of benzene rings is 2. The first-order valence-corrected chi connectivity index (χ1v) is 9.94. The highest BCUT2D eigenvalue weighted by molar-refractivity contribution is 6.30. The van der Waals surface area contributed by atoms with Gasteiger partial charge in [0.1, 0.15) is 18.2 Å². The summed E-state index contributed by atoms with van der Waals surface area (Å²) in [7, 11) is 0.